The number of fused-ring (bicyclic) bond motifs is 1. The van der Waals surface area contributed by atoms with Crippen molar-refractivity contribution in [1.29, 1.82) is 0 Å². The Labute approximate surface area is 253 Å². The number of hydrogen-bond acceptors (Lipinski definition) is 17. The Morgan fingerprint density at radius 3 is 2.77 bits per heavy atom. The monoisotopic (exact) mass is 650 g/mol. The van der Waals surface area contributed by atoms with E-state index in [1.54, 1.807) is 7.05 Å². The number of aliphatic imine (C=N–C) groups is 1. The van der Waals surface area contributed by atoms with E-state index in [9.17, 15) is 34.5 Å². The summed E-state index contributed by atoms with van der Waals surface area (Å²) in [6.07, 6.45) is -2.46. The summed E-state index contributed by atoms with van der Waals surface area (Å²) >= 11 is 3.48. The zero-order valence-electron chi connectivity index (χ0n) is 22.1. The Kier molecular flexibility index (Phi) is 8.59. The second-order valence-corrected chi connectivity index (χ2v) is 12.0. The van der Waals surface area contributed by atoms with Gasteiger partial charge in [-0.15, -0.1) is 28.2 Å². The molecule has 4 atom stereocenters. The number of nitrogens with zero attached hydrogens (tertiary/aromatic N) is 8. The summed E-state index contributed by atoms with van der Waals surface area (Å²) < 4.78 is 1.44. The van der Waals surface area contributed by atoms with Crippen LogP contribution < -0.4 is 11.1 Å². The van der Waals surface area contributed by atoms with Crippen molar-refractivity contribution in [1.82, 2.24) is 35.4 Å². The van der Waals surface area contributed by atoms with Crippen LogP contribution in [0.1, 0.15) is 12.6 Å². The Hall–Kier alpha value is -4.18. The maximum Gasteiger partial charge on any atom is 0.352 e. The molecule has 0 bridgehead atoms. The van der Waals surface area contributed by atoms with Gasteiger partial charge in [-0.3, -0.25) is 24.3 Å². The molecule has 0 saturated carbocycles. The minimum atomic E-state index is -1.89. The maximum atomic E-state index is 13.3. The van der Waals surface area contributed by atoms with Crippen LogP contribution in [0.3, 0.4) is 0 Å². The molecule has 3 aliphatic heterocycles. The molecule has 0 aliphatic carbocycles. The quantitative estimate of drug-likeness (QED) is 0.0619. The van der Waals surface area contributed by atoms with Gasteiger partial charge < -0.3 is 31.2 Å². The highest BCUT2D eigenvalue weighted by Gasteiger charge is 2.54. The summed E-state index contributed by atoms with van der Waals surface area (Å²) in [5.41, 5.74) is 5.31. The van der Waals surface area contributed by atoms with E-state index in [0.29, 0.717) is 10.7 Å². The number of anilines is 1. The number of hydrogen-bond donors (Lipinski definition) is 5. The van der Waals surface area contributed by atoms with Crippen molar-refractivity contribution in [2.24, 2.45) is 17.2 Å². The first kappa shape index (κ1) is 30.3. The Bertz CT molecular complexity index is 1630. The van der Waals surface area contributed by atoms with E-state index in [0.717, 1.165) is 22.3 Å². The summed E-state index contributed by atoms with van der Waals surface area (Å²) in [5.74, 6) is -3.10. The summed E-state index contributed by atoms with van der Waals surface area (Å²) in [5, 5.41) is 48.6. The number of carbonyl (C=O) groups is 4. The minimum absolute atomic E-state index is 0.0274. The predicted molar refractivity (Wildman–Crippen MR) is 152 cm³/mol. The van der Waals surface area contributed by atoms with Gasteiger partial charge in [0.15, 0.2) is 22.7 Å². The van der Waals surface area contributed by atoms with Gasteiger partial charge in [-0.2, -0.15) is 0 Å². The lowest BCUT2D eigenvalue weighted by Crippen LogP contribution is -2.71. The van der Waals surface area contributed by atoms with Crippen LogP contribution >= 0.6 is 34.9 Å². The number of β-lactam (4-membered cyclic amide) rings is 1. The zero-order valence-corrected chi connectivity index (χ0v) is 24.6. The summed E-state index contributed by atoms with van der Waals surface area (Å²) in [6.45, 7) is 1.38. The maximum absolute atomic E-state index is 13.3. The molecule has 3 aliphatic rings. The van der Waals surface area contributed by atoms with E-state index in [1.165, 1.54) is 40.5 Å². The van der Waals surface area contributed by atoms with Crippen LogP contribution in [0, 0.1) is 0 Å². The fourth-order valence-corrected chi connectivity index (χ4v) is 6.99. The number of nitrogens with one attached hydrogen (secondary N) is 1. The Morgan fingerprint density at radius 1 is 1.37 bits per heavy atom. The molecule has 2 aromatic rings. The summed E-state index contributed by atoms with van der Waals surface area (Å²) in [4.78, 5) is 64.6. The first-order chi connectivity index (χ1) is 20.5. The third-order valence-electron chi connectivity index (χ3n) is 6.23. The van der Waals surface area contributed by atoms with Gasteiger partial charge in [0.05, 0.1) is 5.71 Å². The van der Waals surface area contributed by atoms with Crippen molar-refractivity contribution in [2.45, 2.75) is 35.9 Å². The molecule has 226 valence electrons. The Morgan fingerprint density at radius 2 is 2.14 bits per heavy atom. The lowest BCUT2D eigenvalue weighted by Gasteiger charge is -2.49. The van der Waals surface area contributed by atoms with Crippen LogP contribution in [0.4, 0.5) is 5.13 Å². The minimum Gasteiger partial charge on any atom is -0.477 e. The summed E-state index contributed by atoms with van der Waals surface area (Å²) in [6, 6.07) is -1.11. The average Bonchev–Trinajstić information content (AvgIpc) is 3.59. The van der Waals surface area contributed by atoms with Gasteiger partial charge in [0, 0.05) is 30.0 Å². The van der Waals surface area contributed by atoms with Crippen molar-refractivity contribution < 1.29 is 39.3 Å². The van der Waals surface area contributed by atoms with Crippen LogP contribution in [0.2, 0.25) is 0 Å². The third kappa shape index (κ3) is 6.01. The van der Waals surface area contributed by atoms with Crippen molar-refractivity contribution in [3.63, 3.8) is 0 Å². The smallest absolute Gasteiger partial charge is 0.352 e. The van der Waals surface area contributed by atoms with Gasteiger partial charge in [0.25, 0.3) is 18.1 Å². The van der Waals surface area contributed by atoms with E-state index in [4.69, 9.17) is 10.6 Å². The standard InChI is InChI=1S/C22H22N10O8S3/c1-7-15(34)11(33)3-9(24-7)20(39)40-28-12(10-6-42-21(23)25-10)16(35)26-13-17(36)32-14(19(37)38)8(4-41-18(13)32)5-43-22-27-29-30-31(22)2/h3,6,13,15,18,20,34,39H,4-5H2,1-2H3,(H2,23,25)(H,26,35)(H,37,38)/b28-12-/t13?,15?,18-,20?/m0/s1. The molecule has 3 unspecified atom stereocenters. The molecule has 2 amide bonds. The Balaban J connectivity index is 1.32. The second-order valence-electron chi connectivity index (χ2n) is 9.09. The number of aliphatic hydroxyl groups is 2. The molecule has 18 nitrogen and oxygen atoms in total. The zero-order chi connectivity index (χ0) is 31.0. The molecule has 1 fully saturated rings. The van der Waals surface area contributed by atoms with Gasteiger partial charge in [0.1, 0.15) is 28.5 Å². The highest BCUT2D eigenvalue weighted by atomic mass is 32.2. The fraction of sp³-hybridized carbons (Fsp3) is 0.364. The highest BCUT2D eigenvalue weighted by molar-refractivity contribution is 8.01. The molecule has 5 rings (SSSR count). The first-order valence-corrected chi connectivity index (χ1v) is 15.1. The van der Waals surface area contributed by atoms with Crippen LogP contribution in [0.5, 0.6) is 0 Å². The number of carbonyl (C=O) groups excluding carboxylic acids is 3. The van der Waals surface area contributed by atoms with Crippen molar-refractivity contribution in [2.75, 3.05) is 17.2 Å². The second kappa shape index (κ2) is 12.2. The number of thioether (sulfide) groups is 2. The van der Waals surface area contributed by atoms with Crippen LogP contribution in [-0.4, -0.2) is 116 Å². The largest absolute Gasteiger partial charge is 0.477 e. The van der Waals surface area contributed by atoms with Gasteiger partial charge in [-0.25, -0.2) is 14.5 Å². The molecule has 2 aromatic heterocycles. The van der Waals surface area contributed by atoms with E-state index in [2.05, 4.69) is 36.0 Å². The van der Waals surface area contributed by atoms with Gasteiger partial charge in [-0.1, -0.05) is 16.9 Å². The number of aryl methyl sites for hydroxylation is 1. The predicted octanol–water partition coefficient (Wildman–Crippen LogP) is -1.89. The van der Waals surface area contributed by atoms with Gasteiger partial charge in [-0.05, 0) is 22.9 Å². The number of rotatable bonds is 10. The SMILES string of the molecule is CC1=NC(C(O)O/N=C(\C(=O)NC2C(=O)N3C(C(=O)O)=C(CSc4nnnn4C)CS[C@@H]23)c2csc(N)n2)=CC(=O)C1O. The number of oxime groups is 1. The van der Waals surface area contributed by atoms with Crippen LogP contribution in [0.25, 0.3) is 0 Å². The molecule has 6 N–H and O–H groups in total. The number of amides is 2. The normalized spacial score (nSPS) is 22.8. The molecule has 0 spiro atoms. The van der Waals surface area contributed by atoms with E-state index in [1.807, 2.05) is 0 Å². The highest BCUT2D eigenvalue weighted by Crippen LogP contribution is 2.41. The third-order valence-corrected chi connectivity index (χ3v) is 9.34. The number of nitrogens with two attached hydrogens (primary N) is 1. The van der Waals surface area contributed by atoms with Crippen molar-refractivity contribution >= 4 is 75.0 Å². The lowest BCUT2D eigenvalue weighted by molar-refractivity contribution is -0.150. The van der Waals surface area contributed by atoms with E-state index >= 15 is 0 Å². The number of thiazole rings is 1. The average molecular weight is 651 g/mol. The molecule has 5 heterocycles. The molecule has 0 aromatic carbocycles. The lowest BCUT2D eigenvalue weighted by atomic mass is 10.0. The number of nitrogen functional groups attached to an aromatic ring is 1. The number of carboxylic acids is 1. The molecular formula is C22H22N10O8S3. The number of aliphatic hydroxyl groups excluding tert-OH is 2. The van der Waals surface area contributed by atoms with Crippen molar-refractivity contribution in [3.05, 3.63) is 34.1 Å². The van der Waals surface area contributed by atoms with Crippen LogP contribution in [0.15, 0.2) is 43.7 Å². The number of carboxylic acid groups (broad SMARTS) is 1. The molecule has 43 heavy (non-hydrogen) atoms. The fourth-order valence-electron chi connectivity index (χ4n) is 4.11. The number of ketones is 1. The molecular weight excluding hydrogens is 629 g/mol. The van der Waals surface area contributed by atoms with Gasteiger partial charge in [0.2, 0.25) is 5.16 Å². The topological polar surface area (TPSA) is 261 Å². The summed E-state index contributed by atoms with van der Waals surface area (Å²) in [7, 11) is 1.64. The number of aliphatic carboxylic acids is 1. The number of aromatic nitrogens is 5. The van der Waals surface area contributed by atoms with E-state index in [-0.39, 0.29) is 39.4 Å². The number of tetrazole rings is 1. The first-order valence-electron chi connectivity index (χ1n) is 12.1. The molecule has 1 saturated heterocycles. The molecule has 0 radical (unpaired) electrons. The van der Waals surface area contributed by atoms with Crippen molar-refractivity contribution in [3.8, 4) is 0 Å². The molecule has 21 heteroatoms. The van der Waals surface area contributed by atoms with Crippen LogP contribution in [-0.2, 0) is 31.1 Å². The van der Waals surface area contributed by atoms with E-state index < -0.39 is 53.1 Å². The van der Waals surface area contributed by atoms with Gasteiger partial charge >= 0.3 is 5.97 Å².